The second-order valence-corrected chi connectivity index (χ2v) is 5.29. The zero-order chi connectivity index (χ0) is 11.4. The molecule has 0 saturated carbocycles. The Morgan fingerprint density at radius 1 is 1.40 bits per heavy atom. The van der Waals surface area contributed by atoms with Gasteiger partial charge in [0, 0.05) is 18.6 Å². The van der Waals surface area contributed by atoms with Gasteiger partial charge in [-0.25, -0.2) is 0 Å². The number of aliphatic hydroxyl groups is 1. The Bertz CT molecular complexity index is 186. The van der Waals surface area contributed by atoms with Crippen molar-refractivity contribution in [2.24, 2.45) is 17.6 Å². The van der Waals surface area contributed by atoms with E-state index in [1.165, 1.54) is 13.0 Å². The standard InChI is InChI=1S/C12H26N2O/c1-9-6-10(2)11(3)14(7-9)5-4-12(13)8-15/h9-12,15H,4-8,13H2,1-3H3. The van der Waals surface area contributed by atoms with Gasteiger partial charge in [0.05, 0.1) is 6.61 Å². The molecule has 0 aromatic rings. The molecule has 4 unspecified atom stereocenters. The molecular formula is C12H26N2O. The summed E-state index contributed by atoms with van der Waals surface area (Å²) in [4.78, 5) is 2.52. The van der Waals surface area contributed by atoms with Gasteiger partial charge in [-0.3, -0.25) is 0 Å². The molecule has 3 N–H and O–H groups in total. The third kappa shape index (κ3) is 3.74. The van der Waals surface area contributed by atoms with E-state index in [-0.39, 0.29) is 12.6 Å². The van der Waals surface area contributed by atoms with E-state index in [0.717, 1.165) is 24.8 Å². The van der Waals surface area contributed by atoms with E-state index in [2.05, 4.69) is 25.7 Å². The molecule has 1 aliphatic heterocycles. The molecule has 1 aliphatic rings. The van der Waals surface area contributed by atoms with Crippen LogP contribution in [0.5, 0.6) is 0 Å². The van der Waals surface area contributed by atoms with E-state index in [9.17, 15) is 0 Å². The lowest BCUT2D eigenvalue weighted by Gasteiger charge is -2.41. The third-order valence-corrected chi connectivity index (χ3v) is 3.74. The molecule has 15 heavy (non-hydrogen) atoms. The number of rotatable bonds is 4. The number of nitrogens with two attached hydrogens (primary N) is 1. The monoisotopic (exact) mass is 214 g/mol. The summed E-state index contributed by atoms with van der Waals surface area (Å²) in [7, 11) is 0. The molecule has 1 fully saturated rings. The first-order valence-corrected chi connectivity index (χ1v) is 6.15. The van der Waals surface area contributed by atoms with Crippen molar-refractivity contribution in [3.05, 3.63) is 0 Å². The van der Waals surface area contributed by atoms with Gasteiger partial charge in [-0.1, -0.05) is 13.8 Å². The minimum atomic E-state index is -0.0512. The Kier molecular flexibility index (Phi) is 5.03. The fourth-order valence-corrected chi connectivity index (χ4v) is 2.55. The summed E-state index contributed by atoms with van der Waals surface area (Å²) in [6.45, 7) is 9.27. The van der Waals surface area contributed by atoms with Gasteiger partial charge in [0.25, 0.3) is 0 Å². The highest BCUT2D eigenvalue weighted by atomic mass is 16.3. The largest absolute Gasteiger partial charge is 0.395 e. The van der Waals surface area contributed by atoms with Crippen LogP contribution < -0.4 is 5.73 Å². The highest BCUT2D eigenvalue weighted by Crippen LogP contribution is 2.26. The van der Waals surface area contributed by atoms with Crippen LogP contribution in [0.4, 0.5) is 0 Å². The molecule has 0 aromatic heterocycles. The quantitative estimate of drug-likeness (QED) is 0.736. The van der Waals surface area contributed by atoms with Crippen molar-refractivity contribution in [1.82, 2.24) is 4.90 Å². The first-order chi connectivity index (χ1) is 7.04. The van der Waals surface area contributed by atoms with Crippen LogP contribution >= 0.6 is 0 Å². The molecular weight excluding hydrogens is 188 g/mol. The maximum atomic E-state index is 8.89. The van der Waals surface area contributed by atoms with E-state index in [1.54, 1.807) is 0 Å². The minimum Gasteiger partial charge on any atom is -0.395 e. The number of aliphatic hydroxyl groups excluding tert-OH is 1. The molecule has 1 heterocycles. The number of hydrogen-bond donors (Lipinski definition) is 2. The SMILES string of the molecule is CC1CC(C)C(C)N(CCC(N)CO)C1. The Labute approximate surface area is 93.6 Å². The molecule has 0 radical (unpaired) electrons. The summed E-state index contributed by atoms with van der Waals surface area (Å²) in [5.74, 6) is 1.57. The predicted molar refractivity (Wildman–Crippen MR) is 63.7 cm³/mol. The zero-order valence-electron chi connectivity index (χ0n) is 10.3. The van der Waals surface area contributed by atoms with Crippen LogP contribution in [0.15, 0.2) is 0 Å². The fraction of sp³-hybridized carbons (Fsp3) is 1.00. The molecule has 90 valence electrons. The molecule has 3 heteroatoms. The van der Waals surface area contributed by atoms with Crippen LogP contribution in [-0.2, 0) is 0 Å². The second kappa shape index (κ2) is 5.83. The predicted octanol–water partition coefficient (Wildman–Crippen LogP) is 1.06. The third-order valence-electron chi connectivity index (χ3n) is 3.74. The number of hydrogen-bond acceptors (Lipinski definition) is 3. The van der Waals surface area contributed by atoms with Crippen molar-refractivity contribution in [1.29, 1.82) is 0 Å². The number of piperidine rings is 1. The van der Waals surface area contributed by atoms with Gasteiger partial charge >= 0.3 is 0 Å². The summed E-state index contributed by atoms with van der Waals surface area (Å²) in [6, 6.07) is 0.608. The van der Waals surface area contributed by atoms with Gasteiger partial charge in [-0.15, -0.1) is 0 Å². The Hall–Kier alpha value is -0.120. The molecule has 0 amide bonds. The normalized spacial score (nSPS) is 35.4. The maximum absolute atomic E-state index is 8.89. The summed E-state index contributed by atoms with van der Waals surface area (Å²) >= 11 is 0. The van der Waals surface area contributed by atoms with Crippen molar-refractivity contribution in [3.8, 4) is 0 Å². The summed E-state index contributed by atoms with van der Waals surface area (Å²) in [5, 5.41) is 8.89. The first-order valence-electron chi connectivity index (χ1n) is 6.15. The van der Waals surface area contributed by atoms with Gasteiger partial charge in [-0.05, 0) is 38.1 Å². The van der Waals surface area contributed by atoms with Crippen LogP contribution in [-0.4, -0.2) is 41.8 Å². The van der Waals surface area contributed by atoms with Gasteiger partial charge in [0.15, 0.2) is 0 Å². The van der Waals surface area contributed by atoms with E-state index in [0.29, 0.717) is 6.04 Å². The molecule has 3 nitrogen and oxygen atoms in total. The molecule has 0 bridgehead atoms. The average molecular weight is 214 g/mol. The van der Waals surface area contributed by atoms with Gasteiger partial charge in [0.1, 0.15) is 0 Å². The summed E-state index contributed by atoms with van der Waals surface area (Å²) in [5.41, 5.74) is 5.73. The van der Waals surface area contributed by atoms with Crippen LogP contribution in [0, 0.1) is 11.8 Å². The van der Waals surface area contributed by atoms with E-state index < -0.39 is 0 Å². The summed E-state index contributed by atoms with van der Waals surface area (Å²) in [6.07, 6.45) is 2.24. The van der Waals surface area contributed by atoms with Gasteiger partial charge in [-0.2, -0.15) is 0 Å². The molecule has 1 saturated heterocycles. The second-order valence-electron chi connectivity index (χ2n) is 5.29. The van der Waals surface area contributed by atoms with Crippen molar-refractivity contribution >= 4 is 0 Å². The lowest BCUT2D eigenvalue weighted by Crippen LogP contribution is -2.47. The van der Waals surface area contributed by atoms with E-state index in [1.807, 2.05) is 0 Å². The fourth-order valence-electron chi connectivity index (χ4n) is 2.55. The van der Waals surface area contributed by atoms with E-state index >= 15 is 0 Å². The molecule has 1 rings (SSSR count). The topological polar surface area (TPSA) is 49.5 Å². The van der Waals surface area contributed by atoms with Crippen LogP contribution in [0.25, 0.3) is 0 Å². The van der Waals surface area contributed by atoms with Crippen molar-refractivity contribution in [2.45, 2.75) is 45.7 Å². The molecule has 0 spiro atoms. The highest BCUT2D eigenvalue weighted by Gasteiger charge is 2.28. The van der Waals surface area contributed by atoms with Gasteiger partial charge < -0.3 is 15.7 Å². The lowest BCUT2D eigenvalue weighted by molar-refractivity contribution is 0.0747. The number of likely N-dealkylation sites (tertiary alicyclic amines) is 1. The Morgan fingerprint density at radius 3 is 2.67 bits per heavy atom. The number of nitrogens with zero attached hydrogens (tertiary/aromatic N) is 1. The van der Waals surface area contributed by atoms with Crippen molar-refractivity contribution < 1.29 is 5.11 Å². The molecule has 0 aliphatic carbocycles. The Morgan fingerprint density at radius 2 is 2.07 bits per heavy atom. The molecule has 4 atom stereocenters. The highest BCUT2D eigenvalue weighted by molar-refractivity contribution is 4.82. The average Bonchev–Trinajstić information content (AvgIpc) is 2.20. The van der Waals surface area contributed by atoms with Crippen molar-refractivity contribution in [2.75, 3.05) is 19.7 Å². The lowest BCUT2D eigenvalue weighted by atomic mass is 9.86. The first kappa shape index (κ1) is 12.9. The van der Waals surface area contributed by atoms with Crippen LogP contribution in [0.3, 0.4) is 0 Å². The minimum absolute atomic E-state index is 0.0512. The van der Waals surface area contributed by atoms with Crippen LogP contribution in [0.2, 0.25) is 0 Å². The van der Waals surface area contributed by atoms with Gasteiger partial charge in [0.2, 0.25) is 0 Å². The summed E-state index contributed by atoms with van der Waals surface area (Å²) < 4.78 is 0. The maximum Gasteiger partial charge on any atom is 0.0583 e. The smallest absolute Gasteiger partial charge is 0.0583 e. The van der Waals surface area contributed by atoms with Crippen molar-refractivity contribution in [3.63, 3.8) is 0 Å². The van der Waals surface area contributed by atoms with E-state index in [4.69, 9.17) is 10.8 Å². The molecule has 0 aromatic carbocycles. The zero-order valence-corrected chi connectivity index (χ0v) is 10.3. The van der Waals surface area contributed by atoms with Crippen LogP contribution in [0.1, 0.15) is 33.6 Å². The Balaban J connectivity index is 2.38.